The van der Waals surface area contributed by atoms with Crippen molar-refractivity contribution in [1.82, 2.24) is 0 Å². The first kappa shape index (κ1) is 26.0. The number of rotatable bonds is 7. The summed E-state index contributed by atoms with van der Waals surface area (Å²) in [5.41, 5.74) is 2.75. The fraction of sp³-hybridized carbons (Fsp3) is 0.0741. The number of carbonyl (C=O) groups excluding carboxylic acids is 1. The zero-order chi connectivity index (χ0) is 25.9. The van der Waals surface area contributed by atoms with Gasteiger partial charge in [-0.15, -0.1) is 0 Å². The molecule has 4 aromatic rings. The van der Waals surface area contributed by atoms with Gasteiger partial charge in [0, 0.05) is 15.6 Å². The van der Waals surface area contributed by atoms with Crippen LogP contribution in [0.1, 0.15) is 21.5 Å². The Bertz CT molecular complexity index is 1510. The van der Waals surface area contributed by atoms with Gasteiger partial charge in [0.1, 0.15) is 0 Å². The number of hydrogen-bond donors (Lipinski definition) is 1. The van der Waals surface area contributed by atoms with Crippen LogP contribution in [0.25, 0.3) is 0 Å². The third-order valence-electron chi connectivity index (χ3n) is 5.49. The molecule has 0 saturated heterocycles. The van der Waals surface area contributed by atoms with Crippen LogP contribution in [0.5, 0.6) is 0 Å². The summed E-state index contributed by atoms with van der Waals surface area (Å²) in [6.07, 6.45) is 0. The van der Waals surface area contributed by atoms with Crippen LogP contribution in [0.3, 0.4) is 0 Å². The summed E-state index contributed by atoms with van der Waals surface area (Å²) >= 11 is 18.3. The van der Waals surface area contributed by atoms with Crippen molar-refractivity contribution in [2.75, 3.05) is 9.62 Å². The monoisotopic (exact) mass is 558 g/mol. The van der Waals surface area contributed by atoms with Crippen molar-refractivity contribution in [2.45, 2.75) is 18.4 Å². The Labute approximate surface area is 225 Å². The van der Waals surface area contributed by atoms with Crippen molar-refractivity contribution in [1.29, 1.82) is 0 Å². The van der Waals surface area contributed by atoms with E-state index in [9.17, 15) is 13.2 Å². The molecule has 0 radical (unpaired) electrons. The van der Waals surface area contributed by atoms with Crippen molar-refractivity contribution in [3.63, 3.8) is 0 Å². The van der Waals surface area contributed by atoms with Crippen molar-refractivity contribution in [2.24, 2.45) is 0 Å². The average Bonchev–Trinajstić information content (AvgIpc) is 2.86. The zero-order valence-electron chi connectivity index (χ0n) is 19.1. The van der Waals surface area contributed by atoms with E-state index >= 15 is 0 Å². The third-order valence-corrected chi connectivity index (χ3v) is 8.05. The van der Waals surface area contributed by atoms with Crippen molar-refractivity contribution in [3.8, 4) is 0 Å². The molecule has 0 aliphatic rings. The molecule has 0 spiro atoms. The molecule has 0 aliphatic carbocycles. The summed E-state index contributed by atoms with van der Waals surface area (Å²) in [6.45, 7) is 1.87. The predicted octanol–water partition coefficient (Wildman–Crippen LogP) is 7.60. The molecule has 5 nitrogen and oxygen atoms in total. The van der Waals surface area contributed by atoms with Crippen LogP contribution in [-0.2, 0) is 16.6 Å². The number of anilines is 2. The van der Waals surface area contributed by atoms with E-state index in [1.165, 1.54) is 4.31 Å². The Morgan fingerprint density at radius 1 is 0.833 bits per heavy atom. The molecule has 4 rings (SSSR count). The molecule has 0 bridgehead atoms. The molecule has 0 fully saturated rings. The highest BCUT2D eigenvalue weighted by Gasteiger charge is 2.26. The van der Waals surface area contributed by atoms with E-state index in [0.717, 1.165) is 5.56 Å². The second kappa shape index (κ2) is 10.9. The zero-order valence-corrected chi connectivity index (χ0v) is 22.2. The fourth-order valence-corrected chi connectivity index (χ4v) is 5.74. The van der Waals surface area contributed by atoms with Crippen LogP contribution in [-0.4, -0.2) is 14.3 Å². The van der Waals surface area contributed by atoms with Crippen LogP contribution < -0.4 is 9.62 Å². The van der Waals surface area contributed by atoms with E-state index in [4.69, 9.17) is 34.8 Å². The maximum absolute atomic E-state index is 13.6. The van der Waals surface area contributed by atoms with Gasteiger partial charge in [-0.1, -0.05) is 71.2 Å². The van der Waals surface area contributed by atoms with Crippen LogP contribution in [0.4, 0.5) is 11.4 Å². The highest BCUT2D eigenvalue weighted by Crippen LogP contribution is 2.31. The Morgan fingerprint density at radius 3 is 2.14 bits per heavy atom. The van der Waals surface area contributed by atoms with E-state index in [1.807, 2.05) is 6.92 Å². The smallest absolute Gasteiger partial charge is 0.264 e. The molecule has 0 heterocycles. The highest BCUT2D eigenvalue weighted by atomic mass is 35.5. The Kier molecular flexibility index (Phi) is 7.91. The van der Waals surface area contributed by atoms with E-state index in [2.05, 4.69) is 5.32 Å². The van der Waals surface area contributed by atoms with Gasteiger partial charge in [0.15, 0.2) is 0 Å². The number of aryl methyl sites for hydroxylation is 1. The molecule has 0 unspecified atom stereocenters. The molecule has 36 heavy (non-hydrogen) atoms. The predicted molar refractivity (Wildman–Crippen MR) is 147 cm³/mol. The number of benzene rings is 4. The van der Waals surface area contributed by atoms with Crippen molar-refractivity contribution in [3.05, 3.63) is 123 Å². The number of nitrogens with zero attached hydrogens (tertiary/aromatic N) is 1. The molecule has 0 aromatic heterocycles. The molecule has 9 heteroatoms. The van der Waals surface area contributed by atoms with Crippen LogP contribution >= 0.6 is 34.8 Å². The van der Waals surface area contributed by atoms with Crippen molar-refractivity contribution >= 4 is 62.1 Å². The van der Waals surface area contributed by atoms with Crippen LogP contribution in [0, 0.1) is 6.92 Å². The standard InChI is InChI=1S/C27H21Cl3N2O3S/c1-18-7-12-22(29)16-26(18)32(36(34,35)23-5-3-2-4-6-23)17-19-8-10-20(11-9-19)27(33)31-25-14-13-21(28)15-24(25)30/h2-16H,17H2,1H3,(H,31,33). The summed E-state index contributed by atoms with van der Waals surface area (Å²) in [5.74, 6) is -0.356. The minimum atomic E-state index is -3.90. The van der Waals surface area contributed by atoms with Gasteiger partial charge < -0.3 is 5.32 Å². The molecular formula is C27H21Cl3N2O3S. The van der Waals surface area contributed by atoms with Gasteiger partial charge in [-0.05, 0) is 72.6 Å². The number of hydrogen-bond acceptors (Lipinski definition) is 3. The first-order valence-electron chi connectivity index (χ1n) is 10.8. The van der Waals surface area contributed by atoms with Gasteiger partial charge in [0.25, 0.3) is 15.9 Å². The molecular weight excluding hydrogens is 539 g/mol. The lowest BCUT2D eigenvalue weighted by atomic mass is 10.1. The maximum Gasteiger partial charge on any atom is 0.264 e. The first-order chi connectivity index (χ1) is 17.1. The molecule has 4 aromatic carbocycles. The van der Waals surface area contributed by atoms with Gasteiger partial charge in [-0.3, -0.25) is 9.10 Å². The SMILES string of the molecule is Cc1ccc(Cl)cc1N(Cc1ccc(C(=O)Nc2ccc(Cl)cc2Cl)cc1)S(=O)(=O)c1ccccc1. The lowest BCUT2D eigenvalue weighted by Crippen LogP contribution is -2.31. The number of amides is 1. The van der Waals surface area contributed by atoms with E-state index in [1.54, 1.807) is 91.0 Å². The number of halogens is 3. The van der Waals surface area contributed by atoms with E-state index < -0.39 is 10.0 Å². The van der Waals surface area contributed by atoms with Gasteiger partial charge in [0.05, 0.1) is 27.8 Å². The largest absolute Gasteiger partial charge is 0.321 e. The minimum absolute atomic E-state index is 0.0450. The quantitative estimate of drug-likeness (QED) is 0.253. The second-order valence-electron chi connectivity index (χ2n) is 8.03. The number of sulfonamides is 1. The van der Waals surface area contributed by atoms with Gasteiger partial charge >= 0.3 is 0 Å². The van der Waals surface area contributed by atoms with Crippen LogP contribution in [0.15, 0.2) is 95.9 Å². The molecule has 1 amide bonds. The Hall–Kier alpha value is -3.03. The Morgan fingerprint density at radius 2 is 1.47 bits per heavy atom. The van der Waals surface area contributed by atoms with E-state index in [0.29, 0.717) is 37.6 Å². The lowest BCUT2D eigenvalue weighted by Gasteiger charge is -2.26. The molecule has 0 saturated carbocycles. The summed E-state index contributed by atoms with van der Waals surface area (Å²) < 4.78 is 28.6. The van der Waals surface area contributed by atoms with Crippen molar-refractivity contribution < 1.29 is 13.2 Å². The summed E-state index contributed by atoms with van der Waals surface area (Å²) in [5, 5.41) is 3.97. The fourth-order valence-electron chi connectivity index (χ4n) is 3.58. The summed E-state index contributed by atoms with van der Waals surface area (Å²) in [7, 11) is -3.90. The van der Waals surface area contributed by atoms with Crippen LogP contribution in [0.2, 0.25) is 15.1 Å². The number of carbonyl (C=O) groups is 1. The normalized spacial score (nSPS) is 11.2. The van der Waals surface area contributed by atoms with Gasteiger partial charge in [-0.25, -0.2) is 8.42 Å². The highest BCUT2D eigenvalue weighted by molar-refractivity contribution is 7.92. The summed E-state index contributed by atoms with van der Waals surface area (Å²) in [4.78, 5) is 12.9. The maximum atomic E-state index is 13.6. The minimum Gasteiger partial charge on any atom is -0.321 e. The lowest BCUT2D eigenvalue weighted by molar-refractivity contribution is 0.102. The number of nitrogens with one attached hydrogen (secondary N) is 1. The third kappa shape index (κ3) is 5.85. The first-order valence-corrected chi connectivity index (χ1v) is 13.4. The Balaban J connectivity index is 1.63. The van der Waals surface area contributed by atoms with Gasteiger partial charge in [-0.2, -0.15) is 0 Å². The average molecular weight is 560 g/mol. The van der Waals surface area contributed by atoms with E-state index in [-0.39, 0.29) is 17.3 Å². The summed E-state index contributed by atoms with van der Waals surface area (Å²) in [6, 6.07) is 24.8. The topological polar surface area (TPSA) is 66.5 Å². The second-order valence-corrected chi connectivity index (χ2v) is 11.2. The molecule has 0 atom stereocenters. The van der Waals surface area contributed by atoms with Gasteiger partial charge in [0.2, 0.25) is 0 Å². The molecule has 184 valence electrons. The molecule has 1 N–H and O–H groups in total. The molecule has 0 aliphatic heterocycles.